The summed E-state index contributed by atoms with van der Waals surface area (Å²) >= 11 is 1.32. The second-order valence-corrected chi connectivity index (χ2v) is 9.17. The van der Waals surface area contributed by atoms with Crippen molar-refractivity contribution in [2.24, 2.45) is 0 Å². The number of aryl methyl sites for hydroxylation is 3. The van der Waals surface area contributed by atoms with E-state index < -0.39 is 5.25 Å². The average molecular weight is 424 g/mol. The van der Waals surface area contributed by atoms with Gasteiger partial charge in [-0.3, -0.25) is 14.2 Å². The van der Waals surface area contributed by atoms with Gasteiger partial charge in [-0.2, -0.15) is 0 Å². The zero-order valence-electron chi connectivity index (χ0n) is 18.4. The summed E-state index contributed by atoms with van der Waals surface area (Å²) in [6.45, 7) is 11.9. The van der Waals surface area contributed by atoms with Crippen LogP contribution < -0.4 is 10.9 Å². The molecule has 0 unspecified atom stereocenters. The third kappa shape index (κ3) is 4.43. The molecule has 0 aliphatic rings. The Morgan fingerprint density at radius 3 is 2.40 bits per heavy atom. The van der Waals surface area contributed by atoms with Crippen molar-refractivity contribution in [3.05, 3.63) is 63.4 Å². The van der Waals surface area contributed by atoms with E-state index in [0.717, 1.165) is 23.2 Å². The number of hydrogen-bond acceptors (Lipinski definition) is 4. The van der Waals surface area contributed by atoms with Crippen molar-refractivity contribution in [2.75, 3.05) is 5.32 Å². The Kier molecular flexibility index (Phi) is 6.66. The number of rotatable bonds is 6. The summed E-state index contributed by atoms with van der Waals surface area (Å²) in [6, 6.07) is 11.5. The highest BCUT2D eigenvalue weighted by atomic mass is 32.2. The number of aromatic nitrogens is 2. The number of carbonyl (C=O) groups excluding carboxylic acids is 1. The smallest absolute Gasteiger partial charge is 0.262 e. The molecule has 0 radical (unpaired) electrons. The normalized spacial score (nSPS) is 13.3. The monoisotopic (exact) mass is 423 g/mol. The summed E-state index contributed by atoms with van der Waals surface area (Å²) in [7, 11) is 0. The molecule has 0 saturated heterocycles. The van der Waals surface area contributed by atoms with Crippen LogP contribution in [0.5, 0.6) is 0 Å². The van der Waals surface area contributed by atoms with Gasteiger partial charge < -0.3 is 5.32 Å². The number of para-hydroxylation sites is 1. The predicted octanol–water partition coefficient (Wildman–Crippen LogP) is 5.41. The van der Waals surface area contributed by atoms with Gasteiger partial charge in [-0.25, -0.2) is 4.98 Å². The number of thioether (sulfide) groups is 1. The zero-order chi connectivity index (χ0) is 22.0. The number of hydrogen-bond donors (Lipinski definition) is 1. The highest BCUT2D eigenvalue weighted by Crippen LogP contribution is 2.28. The first-order valence-corrected chi connectivity index (χ1v) is 11.2. The third-order valence-corrected chi connectivity index (χ3v) is 6.45. The zero-order valence-corrected chi connectivity index (χ0v) is 19.3. The van der Waals surface area contributed by atoms with Crippen LogP contribution in [0.1, 0.15) is 49.9 Å². The number of benzene rings is 2. The van der Waals surface area contributed by atoms with Crippen molar-refractivity contribution in [2.45, 2.75) is 64.4 Å². The molecule has 1 amide bonds. The summed E-state index contributed by atoms with van der Waals surface area (Å²) in [4.78, 5) is 30.8. The van der Waals surface area contributed by atoms with Crippen LogP contribution in [0, 0.1) is 20.8 Å². The minimum absolute atomic E-state index is 0.00560. The van der Waals surface area contributed by atoms with Crippen LogP contribution in [-0.4, -0.2) is 20.7 Å². The summed E-state index contributed by atoms with van der Waals surface area (Å²) in [5.74, 6) is -0.104. The Bertz CT molecular complexity index is 1130. The highest BCUT2D eigenvalue weighted by Gasteiger charge is 2.22. The van der Waals surface area contributed by atoms with Crippen molar-refractivity contribution in [1.29, 1.82) is 0 Å². The Morgan fingerprint density at radius 2 is 1.77 bits per heavy atom. The summed E-state index contributed by atoms with van der Waals surface area (Å²) in [6.07, 6.45) is 0.801. The number of carbonyl (C=O) groups is 1. The molecule has 158 valence electrons. The third-order valence-electron chi connectivity index (χ3n) is 5.38. The molecule has 6 heteroatoms. The van der Waals surface area contributed by atoms with Crippen LogP contribution in [-0.2, 0) is 4.79 Å². The van der Waals surface area contributed by atoms with E-state index in [9.17, 15) is 9.59 Å². The molecular formula is C24H29N3O2S. The molecule has 0 saturated carbocycles. The fourth-order valence-corrected chi connectivity index (χ4v) is 4.60. The molecule has 0 aliphatic carbocycles. The molecule has 3 rings (SSSR count). The first kappa shape index (κ1) is 22.1. The van der Waals surface area contributed by atoms with Crippen molar-refractivity contribution in [3.8, 4) is 0 Å². The fraction of sp³-hybridized carbons (Fsp3) is 0.375. The molecule has 30 heavy (non-hydrogen) atoms. The summed E-state index contributed by atoms with van der Waals surface area (Å²) in [5.41, 5.74) is 4.70. The van der Waals surface area contributed by atoms with Gasteiger partial charge in [0.15, 0.2) is 5.16 Å². The molecule has 3 aromatic rings. The number of nitrogens with one attached hydrogen (secondary N) is 1. The van der Waals surface area contributed by atoms with E-state index >= 15 is 0 Å². The van der Waals surface area contributed by atoms with Gasteiger partial charge in [-0.15, -0.1) is 0 Å². The van der Waals surface area contributed by atoms with Crippen molar-refractivity contribution in [3.63, 3.8) is 0 Å². The van der Waals surface area contributed by atoms with Crippen LogP contribution in [0.15, 0.2) is 46.3 Å². The Morgan fingerprint density at radius 1 is 1.13 bits per heavy atom. The molecule has 1 aromatic heterocycles. The van der Waals surface area contributed by atoms with Crippen LogP contribution >= 0.6 is 11.8 Å². The quantitative estimate of drug-likeness (QED) is 0.425. The number of nitrogens with zero attached hydrogens (tertiary/aromatic N) is 2. The van der Waals surface area contributed by atoms with Crippen LogP contribution in [0.2, 0.25) is 0 Å². The maximum atomic E-state index is 13.1. The van der Waals surface area contributed by atoms with Gasteiger partial charge in [0.25, 0.3) is 5.56 Å². The number of anilines is 1. The maximum Gasteiger partial charge on any atom is 0.262 e. The molecule has 5 nitrogen and oxygen atoms in total. The molecule has 1 heterocycles. The average Bonchev–Trinajstić information content (AvgIpc) is 2.70. The van der Waals surface area contributed by atoms with E-state index in [4.69, 9.17) is 4.98 Å². The fourth-order valence-electron chi connectivity index (χ4n) is 3.59. The van der Waals surface area contributed by atoms with E-state index in [1.807, 2.05) is 59.7 Å². The molecule has 0 bridgehead atoms. The van der Waals surface area contributed by atoms with Crippen LogP contribution in [0.4, 0.5) is 5.69 Å². The van der Waals surface area contributed by atoms with Crippen molar-refractivity contribution in [1.82, 2.24) is 9.55 Å². The molecule has 0 aliphatic heterocycles. The van der Waals surface area contributed by atoms with E-state index in [-0.39, 0.29) is 17.5 Å². The van der Waals surface area contributed by atoms with E-state index in [2.05, 4.69) is 17.4 Å². The van der Waals surface area contributed by atoms with Gasteiger partial charge >= 0.3 is 0 Å². The minimum atomic E-state index is -0.409. The second kappa shape index (κ2) is 9.04. The van der Waals surface area contributed by atoms with E-state index in [1.54, 1.807) is 10.6 Å². The minimum Gasteiger partial charge on any atom is -0.325 e. The lowest BCUT2D eigenvalue weighted by Gasteiger charge is -2.20. The van der Waals surface area contributed by atoms with Crippen molar-refractivity contribution < 1.29 is 4.79 Å². The lowest BCUT2D eigenvalue weighted by atomic mass is 10.1. The first-order valence-electron chi connectivity index (χ1n) is 10.3. The number of amides is 1. The number of fused-ring (bicyclic) bond motifs is 1. The predicted molar refractivity (Wildman–Crippen MR) is 126 cm³/mol. The molecule has 0 fully saturated rings. The van der Waals surface area contributed by atoms with E-state index in [0.29, 0.717) is 16.1 Å². The van der Waals surface area contributed by atoms with Gasteiger partial charge in [0.2, 0.25) is 5.91 Å². The molecule has 1 N–H and O–H groups in total. The lowest BCUT2D eigenvalue weighted by molar-refractivity contribution is -0.115. The molecular weight excluding hydrogens is 394 g/mol. The van der Waals surface area contributed by atoms with E-state index in [1.165, 1.54) is 17.3 Å². The summed E-state index contributed by atoms with van der Waals surface area (Å²) < 4.78 is 1.72. The van der Waals surface area contributed by atoms with Crippen molar-refractivity contribution >= 4 is 34.3 Å². The van der Waals surface area contributed by atoms with Gasteiger partial charge in [-0.1, -0.05) is 48.5 Å². The Labute approximate surface area is 181 Å². The van der Waals surface area contributed by atoms with Gasteiger partial charge in [0.05, 0.1) is 16.2 Å². The highest BCUT2D eigenvalue weighted by molar-refractivity contribution is 8.00. The first-order chi connectivity index (χ1) is 14.2. The lowest BCUT2D eigenvalue weighted by Crippen LogP contribution is -2.29. The SMILES string of the molecule is CC[C@@H](C)n1c(S[C@@H](C)C(=O)Nc2c(C)cc(C)cc2C)nc2ccccc2c1=O. The topological polar surface area (TPSA) is 64.0 Å². The van der Waals surface area contributed by atoms with Gasteiger partial charge in [-0.05, 0) is 64.3 Å². The molecule has 2 aromatic carbocycles. The van der Waals surface area contributed by atoms with Gasteiger partial charge in [0.1, 0.15) is 0 Å². The standard InChI is InChI=1S/C24H29N3O2S/c1-7-17(5)27-23(29)19-10-8-9-11-20(19)25-24(27)30-18(6)22(28)26-21-15(3)12-14(2)13-16(21)4/h8-13,17-18H,7H2,1-6H3,(H,26,28)/t17-,18+/m1/s1. The van der Waals surface area contributed by atoms with Crippen LogP contribution in [0.25, 0.3) is 10.9 Å². The van der Waals surface area contributed by atoms with Crippen LogP contribution in [0.3, 0.4) is 0 Å². The second-order valence-electron chi connectivity index (χ2n) is 7.87. The largest absolute Gasteiger partial charge is 0.325 e. The molecule has 0 spiro atoms. The molecule has 2 atom stereocenters. The maximum absolute atomic E-state index is 13.1. The van der Waals surface area contributed by atoms with Gasteiger partial charge in [0, 0.05) is 11.7 Å². The summed E-state index contributed by atoms with van der Waals surface area (Å²) in [5, 5.41) is 3.84. The Balaban J connectivity index is 1.93. The Hall–Kier alpha value is -2.60.